The lowest BCUT2D eigenvalue weighted by Crippen LogP contribution is -2.28. The summed E-state index contributed by atoms with van der Waals surface area (Å²) >= 11 is 3.24. The Morgan fingerprint density at radius 3 is 2.36 bits per heavy atom. The Morgan fingerprint density at radius 1 is 1.29 bits per heavy atom. The normalized spacial score (nSPS) is 9.50. The van der Waals surface area contributed by atoms with Crippen molar-refractivity contribution in [2.75, 3.05) is 5.32 Å². The first kappa shape index (κ1) is 10.7. The summed E-state index contributed by atoms with van der Waals surface area (Å²) in [4.78, 5) is 21.0. The zero-order valence-corrected chi connectivity index (χ0v) is 8.71. The smallest absolute Gasteiger partial charge is 0.230 e. The summed E-state index contributed by atoms with van der Waals surface area (Å²) in [5.41, 5.74) is 0.555. The van der Waals surface area contributed by atoms with Crippen LogP contribution in [0.3, 0.4) is 0 Å². The molecule has 0 aliphatic heterocycles. The van der Waals surface area contributed by atoms with Crippen molar-refractivity contribution in [1.82, 2.24) is 0 Å². The molecule has 0 atom stereocenters. The Labute approximate surface area is 89.1 Å². The monoisotopic (exact) mass is 256 g/mol. The molecule has 0 spiro atoms. The fourth-order valence-electron chi connectivity index (χ4n) is 0.869. The topological polar surface area (TPSA) is 69.2 Å². The summed E-state index contributed by atoms with van der Waals surface area (Å²) in [7, 11) is 0. The molecule has 1 aromatic rings. The van der Waals surface area contributed by atoms with E-state index in [-0.39, 0.29) is 0 Å². The molecule has 14 heavy (non-hydrogen) atoms. The molecule has 74 valence electrons. The SMILES string of the molecule is O=C([O-])CC(=O)Nc1ccc(Br)cc1. The van der Waals surface area contributed by atoms with E-state index in [0.717, 1.165) is 4.47 Å². The van der Waals surface area contributed by atoms with Gasteiger partial charge in [-0.1, -0.05) is 15.9 Å². The van der Waals surface area contributed by atoms with Crippen molar-refractivity contribution >= 4 is 33.5 Å². The van der Waals surface area contributed by atoms with E-state index in [2.05, 4.69) is 21.2 Å². The highest BCUT2D eigenvalue weighted by molar-refractivity contribution is 9.10. The van der Waals surface area contributed by atoms with Crippen molar-refractivity contribution in [3.63, 3.8) is 0 Å². The van der Waals surface area contributed by atoms with Crippen LogP contribution in [0, 0.1) is 0 Å². The van der Waals surface area contributed by atoms with Gasteiger partial charge in [-0.2, -0.15) is 0 Å². The fourth-order valence-corrected chi connectivity index (χ4v) is 1.13. The zero-order valence-electron chi connectivity index (χ0n) is 7.12. The lowest BCUT2D eigenvalue weighted by Gasteiger charge is -2.05. The molecule has 1 aromatic carbocycles. The lowest BCUT2D eigenvalue weighted by molar-refractivity contribution is -0.304. The van der Waals surface area contributed by atoms with Crippen molar-refractivity contribution in [3.05, 3.63) is 28.7 Å². The van der Waals surface area contributed by atoms with Gasteiger partial charge in [-0.25, -0.2) is 0 Å². The maximum absolute atomic E-state index is 11.0. The molecular weight excluding hydrogens is 250 g/mol. The zero-order chi connectivity index (χ0) is 10.6. The van der Waals surface area contributed by atoms with Gasteiger partial charge in [0.05, 0.1) is 12.4 Å². The molecule has 0 aliphatic rings. The molecule has 0 fully saturated rings. The average Bonchev–Trinajstić information content (AvgIpc) is 2.07. The summed E-state index contributed by atoms with van der Waals surface area (Å²) in [5, 5.41) is 12.5. The van der Waals surface area contributed by atoms with Crippen molar-refractivity contribution < 1.29 is 14.7 Å². The lowest BCUT2D eigenvalue weighted by atomic mass is 10.3. The number of hydrogen-bond acceptors (Lipinski definition) is 3. The van der Waals surface area contributed by atoms with E-state index < -0.39 is 18.3 Å². The van der Waals surface area contributed by atoms with Crippen LogP contribution in [0.1, 0.15) is 6.42 Å². The molecule has 0 saturated carbocycles. The van der Waals surface area contributed by atoms with Gasteiger partial charge in [0.15, 0.2) is 0 Å². The average molecular weight is 257 g/mol. The Kier molecular flexibility index (Phi) is 3.64. The van der Waals surface area contributed by atoms with Crippen LogP contribution in [-0.4, -0.2) is 11.9 Å². The first-order chi connectivity index (χ1) is 6.58. The molecule has 5 heteroatoms. The Balaban J connectivity index is 2.56. The summed E-state index contributed by atoms with van der Waals surface area (Å²) < 4.78 is 0.885. The number of carboxylic acids is 1. The molecule has 0 heterocycles. The van der Waals surface area contributed by atoms with Crippen LogP contribution in [0.4, 0.5) is 5.69 Å². The second kappa shape index (κ2) is 4.76. The molecule has 1 amide bonds. The van der Waals surface area contributed by atoms with Gasteiger partial charge in [0.25, 0.3) is 0 Å². The molecule has 4 nitrogen and oxygen atoms in total. The Bertz CT molecular complexity index is 348. The molecular formula is C9H7BrNO3-. The minimum Gasteiger partial charge on any atom is -0.550 e. The molecule has 0 aliphatic carbocycles. The number of carbonyl (C=O) groups excluding carboxylic acids is 2. The first-order valence-electron chi connectivity index (χ1n) is 3.83. The highest BCUT2D eigenvalue weighted by atomic mass is 79.9. The largest absolute Gasteiger partial charge is 0.550 e. The highest BCUT2D eigenvalue weighted by Gasteiger charge is 2.01. The van der Waals surface area contributed by atoms with Gasteiger partial charge in [-0.3, -0.25) is 4.79 Å². The fraction of sp³-hybridized carbons (Fsp3) is 0.111. The van der Waals surface area contributed by atoms with Crippen molar-refractivity contribution in [2.24, 2.45) is 0 Å². The van der Waals surface area contributed by atoms with Crippen molar-refractivity contribution in [1.29, 1.82) is 0 Å². The third kappa shape index (κ3) is 3.57. The third-order valence-corrected chi connectivity index (χ3v) is 1.96. The van der Waals surface area contributed by atoms with Crippen LogP contribution in [0.5, 0.6) is 0 Å². The molecule has 0 bridgehead atoms. The van der Waals surface area contributed by atoms with Crippen LogP contribution >= 0.6 is 15.9 Å². The van der Waals surface area contributed by atoms with Crippen LogP contribution in [0.15, 0.2) is 28.7 Å². The van der Waals surface area contributed by atoms with E-state index in [4.69, 9.17) is 0 Å². The number of carboxylic acid groups (broad SMARTS) is 1. The number of anilines is 1. The van der Waals surface area contributed by atoms with E-state index in [9.17, 15) is 14.7 Å². The summed E-state index contributed by atoms with van der Waals surface area (Å²) in [6.45, 7) is 0. The summed E-state index contributed by atoms with van der Waals surface area (Å²) in [6.07, 6.45) is -0.629. The van der Waals surface area contributed by atoms with Gasteiger partial charge >= 0.3 is 0 Å². The van der Waals surface area contributed by atoms with Gasteiger partial charge < -0.3 is 15.2 Å². The van der Waals surface area contributed by atoms with Gasteiger partial charge in [0.1, 0.15) is 0 Å². The summed E-state index contributed by atoms with van der Waals surface area (Å²) in [5.74, 6) is -1.98. The quantitative estimate of drug-likeness (QED) is 0.803. The molecule has 1 rings (SSSR count). The van der Waals surface area contributed by atoms with E-state index >= 15 is 0 Å². The minimum absolute atomic E-state index is 0.555. The number of halogens is 1. The maximum Gasteiger partial charge on any atom is 0.230 e. The number of aliphatic carboxylic acids is 1. The Morgan fingerprint density at radius 2 is 1.86 bits per heavy atom. The van der Waals surface area contributed by atoms with Gasteiger partial charge in [0.2, 0.25) is 5.91 Å². The summed E-state index contributed by atoms with van der Waals surface area (Å²) in [6, 6.07) is 6.82. The van der Waals surface area contributed by atoms with E-state index in [1.807, 2.05) is 0 Å². The maximum atomic E-state index is 11.0. The van der Waals surface area contributed by atoms with Gasteiger partial charge in [-0.15, -0.1) is 0 Å². The molecule has 0 unspecified atom stereocenters. The van der Waals surface area contributed by atoms with Crippen LogP contribution in [-0.2, 0) is 9.59 Å². The standard InChI is InChI=1S/C9H8BrNO3/c10-6-1-3-7(4-2-6)11-8(12)5-9(13)14/h1-4H,5H2,(H,11,12)(H,13,14)/p-1. The second-order valence-corrected chi connectivity index (χ2v) is 3.52. The molecule has 0 saturated heterocycles. The number of nitrogens with one attached hydrogen (secondary N) is 1. The molecule has 1 N–H and O–H groups in total. The molecule has 0 radical (unpaired) electrons. The second-order valence-electron chi connectivity index (χ2n) is 2.60. The first-order valence-corrected chi connectivity index (χ1v) is 4.62. The predicted molar refractivity (Wildman–Crippen MR) is 52.4 cm³/mol. The van der Waals surface area contributed by atoms with Crippen molar-refractivity contribution in [3.8, 4) is 0 Å². The predicted octanol–water partition coefficient (Wildman–Crippen LogP) is 0.528. The highest BCUT2D eigenvalue weighted by Crippen LogP contribution is 2.13. The third-order valence-electron chi connectivity index (χ3n) is 1.43. The minimum atomic E-state index is -1.39. The number of amides is 1. The van der Waals surface area contributed by atoms with Gasteiger partial charge in [0, 0.05) is 10.2 Å². The number of benzene rings is 1. The number of carbonyl (C=O) groups is 2. The van der Waals surface area contributed by atoms with E-state index in [1.54, 1.807) is 24.3 Å². The van der Waals surface area contributed by atoms with Crippen LogP contribution in [0.25, 0.3) is 0 Å². The Hall–Kier alpha value is -1.36. The van der Waals surface area contributed by atoms with Crippen LogP contribution in [0.2, 0.25) is 0 Å². The molecule has 0 aromatic heterocycles. The van der Waals surface area contributed by atoms with E-state index in [0.29, 0.717) is 5.69 Å². The van der Waals surface area contributed by atoms with Gasteiger partial charge in [-0.05, 0) is 24.3 Å². The van der Waals surface area contributed by atoms with Crippen LogP contribution < -0.4 is 10.4 Å². The van der Waals surface area contributed by atoms with E-state index in [1.165, 1.54) is 0 Å². The number of rotatable bonds is 3. The number of hydrogen-bond donors (Lipinski definition) is 1. The van der Waals surface area contributed by atoms with Crippen molar-refractivity contribution in [2.45, 2.75) is 6.42 Å².